The van der Waals surface area contributed by atoms with Crippen LogP contribution in [0.2, 0.25) is 0 Å². The number of likely N-dealkylation sites (N-methyl/N-ethyl adjacent to an activating group) is 1. The Bertz CT molecular complexity index is 251. The predicted molar refractivity (Wildman–Crippen MR) is 56.8 cm³/mol. The van der Waals surface area contributed by atoms with Crippen LogP contribution in [0.25, 0.3) is 0 Å². The molecule has 0 N–H and O–H groups in total. The van der Waals surface area contributed by atoms with Gasteiger partial charge in [0.05, 0.1) is 0 Å². The van der Waals surface area contributed by atoms with Crippen LogP contribution in [0.1, 0.15) is 32.1 Å². The smallest absolute Gasteiger partial charge is 0.245 e. The number of hydrogen-bond acceptors (Lipinski definition) is 1. The number of carbonyl (C=O) groups is 1. The summed E-state index contributed by atoms with van der Waals surface area (Å²) >= 11 is 0. The first-order valence-electron chi connectivity index (χ1n) is 5.53. The van der Waals surface area contributed by atoms with E-state index in [9.17, 15) is 4.79 Å². The molecule has 2 rings (SSSR count). The van der Waals surface area contributed by atoms with E-state index in [0.717, 1.165) is 12.5 Å². The summed E-state index contributed by atoms with van der Waals surface area (Å²) in [4.78, 5) is 13.2. The summed E-state index contributed by atoms with van der Waals surface area (Å²) in [5.41, 5.74) is 0.470. The zero-order chi connectivity index (χ0) is 10.2. The third-order valence-electron chi connectivity index (χ3n) is 4.01. The molecule has 2 heteroatoms. The van der Waals surface area contributed by atoms with Crippen molar-refractivity contribution in [3.63, 3.8) is 0 Å². The molecule has 2 nitrogen and oxygen atoms in total. The first-order valence-corrected chi connectivity index (χ1v) is 5.53. The van der Waals surface area contributed by atoms with Crippen molar-refractivity contribution in [1.82, 2.24) is 4.90 Å². The molecule has 0 heterocycles. The van der Waals surface area contributed by atoms with E-state index in [1.54, 1.807) is 0 Å². The molecule has 0 aromatic heterocycles. The van der Waals surface area contributed by atoms with E-state index < -0.39 is 0 Å². The quantitative estimate of drug-likeness (QED) is 0.629. The van der Waals surface area contributed by atoms with Crippen LogP contribution in [0.15, 0.2) is 12.7 Å². The van der Waals surface area contributed by atoms with Gasteiger partial charge in [-0.05, 0) is 49.5 Å². The zero-order valence-electron chi connectivity index (χ0n) is 8.96. The van der Waals surface area contributed by atoms with Crippen molar-refractivity contribution in [3.05, 3.63) is 12.7 Å². The van der Waals surface area contributed by atoms with Gasteiger partial charge in [-0.15, -0.1) is 0 Å². The Labute approximate surface area is 86.0 Å². The number of fused-ring (bicyclic) bond motifs is 2. The zero-order valence-corrected chi connectivity index (χ0v) is 8.96. The summed E-state index contributed by atoms with van der Waals surface area (Å²) in [5.74, 6) is 1.02. The predicted octanol–water partition coefficient (Wildman–Crippen LogP) is 2.21. The van der Waals surface area contributed by atoms with Crippen LogP contribution in [0.4, 0.5) is 0 Å². The molecule has 0 atom stereocenters. The lowest BCUT2D eigenvalue weighted by molar-refractivity contribution is -0.126. The molecule has 0 unspecified atom stereocenters. The van der Waals surface area contributed by atoms with Crippen molar-refractivity contribution >= 4 is 5.91 Å². The number of rotatable bonds is 3. The fraction of sp³-hybridized carbons (Fsp3) is 0.750. The lowest BCUT2D eigenvalue weighted by Crippen LogP contribution is -2.35. The van der Waals surface area contributed by atoms with Crippen LogP contribution in [-0.4, -0.2) is 24.4 Å². The van der Waals surface area contributed by atoms with E-state index in [1.807, 2.05) is 11.9 Å². The van der Waals surface area contributed by atoms with E-state index >= 15 is 0 Å². The highest BCUT2D eigenvalue weighted by Gasteiger charge is 2.45. The third kappa shape index (κ3) is 1.58. The molecular weight excluding hydrogens is 174 g/mol. The van der Waals surface area contributed by atoms with E-state index in [1.165, 1.54) is 38.2 Å². The minimum absolute atomic E-state index is 0.0646. The second kappa shape index (κ2) is 3.41. The average Bonchev–Trinajstić information content (AvgIpc) is 2.75. The van der Waals surface area contributed by atoms with Gasteiger partial charge < -0.3 is 4.90 Å². The molecule has 2 aliphatic carbocycles. The first-order chi connectivity index (χ1) is 6.65. The minimum atomic E-state index is 0.0646. The summed E-state index contributed by atoms with van der Waals surface area (Å²) in [6.45, 7) is 4.46. The van der Waals surface area contributed by atoms with Crippen molar-refractivity contribution in [2.24, 2.45) is 11.3 Å². The van der Waals surface area contributed by atoms with Crippen molar-refractivity contribution in [2.45, 2.75) is 32.1 Å². The van der Waals surface area contributed by atoms with Crippen molar-refractivity contribution in [3.8, 4) is 0 Å². The number of amides is 1. The highest BCUT2D eigenvalue weighted by Crippen LogP contribution is 2.54. The Hall–Kier alpha value is -0.790. The highest BCUT2D eigenvalue weighted by atomic mass is 16.2. The van der Waals surface area contributed by atoms with Gasteiger partial charge in [0.25, 0.3) is 0 Å². The van der Waals surface area contributed by atoms with Gasteiger partial charge in [-0.25, -0.2) is 0 Å². The van der Waals surface area contributed by atoms with Gasteiger partial charge >= 0.3 is 0 Å². The van der Waals surface area contributed by atoms with Crippen molar-refractivity contribution in [1.29, 1.82) is 0 Å². The molecule has 0 aromatic rings. The van der Waals surface area contributed by atoms with Crippen LogP contribution in [0.3, 0.4) is 0 Å². The van der Waals surface area contributed by atoms with Gasteiger partial charge in [-0.1, -0.05) is 6.58 Å². The average molecular weight is 193 g/mol. The van der Waals surface area contributed by atoms with Gasteiger partial charge in [0.2, 0.25) is 5.91 Å². The second-order valence-electron chi connectivity index (χ2n) is 5.05. The van der Waals surface area contributed by atoms with Crippen LogP contribution in [-0.2, 0) is 4.79 Å². The molecule has 14 heavy (non-hydrogen) atoms. The first kappa shape index (κ1) is 9.75. The molecule has 0 aliphatic heterocycles. The molecule has 2 fully saturated rings. The number of hydrogen-bond donors (Lipinski definition) is 0. The Kier molecular flexibility index (Phi) is 2.38. The third-order valence-corrected chi connectivity index (χ3v) is 4.01. The fourth-order valence-electron chi connectivity index (χ4n) is 3.27. The maximum atomic E-state index is 11.4. The van der Waals surface area contributed by atoms with Gasteiger partial charge in [0.1, 0.15) is 0 Å². The Morgan fingerprint density at radius 1 is 1.57 bits per heavy atom. The molecule has 0 saturated heterocycles. The summed E-state index contributed by atoms with van der Waals surface area (Å²) in [6, 6.07) is 0. The normalized spacial score (nSPS) is 34.5. The highest BCUT2D eigenvalue weighted by molar-refractivity contribution is 5.86. The van der Waals surface area contributed by atoms with Crippen molar-refractivity contribution in [2.75, 3.05) is 13.6 Å². The Morgan fingerprint density at radius 3 is 2.64 bits per heavy atom. The van der Waals surface area contributed by atoms with Crippen LogP contribution < -0.4 is 0 Å². The van der Waals surface area contributed by atoms with E-state index in [0.29, 0.717) is 5.41 Å². The van der Waals surface area contributed by atoms with Crippen LogP contribution >= 0.6 is 0 Å². The van der Waals surface area contributed by atoms with Crippen LogP contribution in [0, 0.1) is 11.3 Å². The molecule has 1 amide bonds. The summed E-state index contributed by atoms with van der Waals surface area (Å²) < 4.78 is 0. The number of carbonyl (C=O) groups excluding carboxylic acids is 1. The van der Waals surface area contributed by atoms with Gasteiger partial charge in [-0.2, -0.15) is 0 Å². The lowest BCUT2D eigenvalue weighted by atomic mass is 9.84. The number of nitrogens with zero attached hydrogens (tertiary/aromatic N) is 1. The molecule has 2 bridgehead atoms. The molecular formula is C12H19NO. The second-order valence-corrected chi connectivity index (χ2v) is 5.05. The maximum Gasteiger partial charge on any atom is 0.245 e. The topological polar surface area (TPSA) is 20.3 Å². The molecule has 0 aromatic carbocycles. The van der Waals surface area contributed by atoms with Crippen molar-refractivity contribution < 1.29 is 4.79 Å². The Balaban J connectivity index is 1.96. The SMILES string of the molecule is C=CC(=O)N(C)CC12CCC(CC1)C2. The van der Waals surface area contributed by atoms with Gasteiger partial charge in [-0.3, -0.25) is 4.79 Å². The lowest BCUT2D eigenvalue weighted by Gasteiger charge is -2.31. The van der Waals surface area contributed by atoms with E-state index in [-0.39, 0.29) is 5.91 Å². The van der Waals surface area contributed by atoms with Crippen LogP contribution in [0.5, 0.6) is 0 Å². The summed E-state index contributed by atoms with van der Waals surface area (Å²) in [6.07, 6.45) is 8.19. The monoisotopic (exact) mass is 193 g/mol. The summed E-state index contributed by atoms with van der Waals surface area (Å²) in [5, 5.41) is 0. The van der Waals surface area contributed by atoms with E-state index in [2.05, 4.69) is 6.58 Å². The summed E-state index contributed by atoms with van der Waals surface area (Å²) in [7, 11) is 1.89. The maximum absolute atomic E-state index is 11.4. The largest absolute Gasteiger partial charge is 0.342 e. The molecule has 2 saturated carbocycles. The molecule has 2 aliphatic rings. The van der Waals surface area contributed by atoms with Gasteiger partial charge in [0.15, 0.2) is 0 Å². The minimum Gasteiger partial charge on any atom is -0.342 e. The standard InChI is InChI=1S/C12H19NO/c1-3-11(14)13(2)9-12-6-4-10(8-12)5-7-12/h3,10H,1,4-9H2,2H3. The Morgan fingerprint density at radius 2 is 2.21 bits per heavy atom. The molecule has 78 valence electrons. The molecule has 0 spiro atoms. The fourth-order valence-corrected chi connectivity index (χ4v) is 3.27. The van der Waals surface area contributed by atoms with E-state index in [4.69, 9.17) is 0 Å². The van der Waals surface area contributed by atoms with Gasteiger partial charge in [0, 0.05) is 13.6 Å². The molecule has 0 radical (unpaired) electrons.